The fraction of sp³-hybridized carbons (Fsp3) is 0.222. The second-order valence-electron chi connectivity index (χ2n) is 8.57. The molecule has 0 bridgehead atoms. The molecule has 8 heteroatoms. The van der Waals surface area contributed by atoms with Crippen LogP contribution in [0.4, 0.5) is 0 Å². The Bertz CT molecular complexity index is 1300. The minimum atomic E-state index is -0.701. The molecule has 0 atom stereocenters. The molecular formula is C27H24ClN3O4. The lowest BCUT2D eigenvalue weighted by atomic mass is 9.97. The summed E-state index contributed by atoms with van der Waals surface area (Å²) < 4.78 is 11.3. The number of benzene rings is 3. The van der Waals surface area contributed by atoms with Crippen LogP contribution in [0, 0.1) is 5.92 Å². The number of hydrogen-bond acceptors (Lipinski definition) is 6. The Morgan fingerprint density at radius 2 is 1.74 bits per heavy atom. The van der Waals surface area contributed by atoms with Crippen molar-refractivity contribution in [2.24, 2.45) is 5.92 Å². The van der Waals surface area contributed by atoms with Crippen molar-refractivity contribution >= 4 is 17.6 Å². The van der Waals surface area contributed by atoms with E-state index in [0.717, 1.165) is 36.5 Å². The van der Waals surface area contributed by atoms with Gasteiger partial charge in [0.05, 0.1) is 10.9 Å². The molecular weight excluding hydrogens is 466 g/mol. The van der Waals surface area contributed by atoms with Crippen molar-refractivity contribution in [2.75, 3.05) is 13.1 Å². The van der Waals surface area contributed by atoms with E-state index in [1.807, 2.05) is 72.8 Å². The Morgan fingerprint density at radius 3 is 2.43 bits per heavy atom. The van der Waals surface area contributed by atoms with Crippen LogP contribution in [-0.4, -0.2) is 39.2 Å². The Balaban J connectivity index is 1.24. The van der Waals surface area contributed by atoms with Gasteiger partial charge in [0.2, 0.25) is 5.82 Å². The van der Waals surface area contributed by atoms with Gasteiger partial charge in [0.15, 0.2) is 0 Å². The predicted molar refractivity (Wildman–Crippen MR) is 132 cm³/mol. The molecule has 1 aliphatic rings. The molecule has 7 nitrogen and oxygen atoms in total. The molecule has 0 aliphatic carbocycles. The van der Waals surface area contributed by atoms with Gasteiger partial charge in [-0.2, -0.15) is 4.98 Å². The lowest BCUT2D eigenvalue weighted by Gasteiger charge is -2.30. The number of aromatic nitrogens is 2. The van der Waals surface area contributed by atoms with Gasteiger partial charge in [-0.1, -0.05) is 41.0 Å². The van der Waals surface area contributed by atoms with Crippen molar-refractivity contribution in [2.45, 2.75) is 19.4 Å². The lowest BCUT2D eigenvalue weighted by molar-refractivity contribution is -0.143. The van der Waals surface area contributed by atoms with Crippen molar-refractivity contribution in [3.8, 4) is 34.3 Å². The molecule has 0 saturated carbocycles. The number of rotatable bonds is 7. The fourth-order valence-electron chi connectivity index (χ4n) is 4.17. The monoisotopic (exact) mass is 489 g/mol. The lowest BCUT2D eigenvalue weighted by Crippen LogP contribution is -2.35. The van der Waals surface area contributed by atoms with Crippen molar-refractivity contribution in [1.29, 1.82) is 0 Å². The summed E-state index contributed by atoms with van der Waals surface area (Å²) in [4.78, 5) is 17.9. The summed E-state index contributed by atoms with van der Waals surface area (Å²) in [5.41, 5.74) is 2.53. The minimum Gasteiger partial charge on any atom is -0.481 e. The Labute approximate surface area is 207 Å². The van der Waals surface area contributed by atoms with Crippen LogP contribution in [0.1, 0.15) is 18.4 Å². The van der Waals surface area contributed by atoms with E-state index in [0.29, 0.717) is 40.9 Å². The molecule has 0 unspecified atom stereocenters. The summed E-state index contributed by atoms with van der Waals surface area (Å²) in [5.74, 6) is 1.36. The van der Waals surface area contributed by atoms with E-state index >= 15 is 0 Å². The van der Waals surface area contributed by atoms with Gasteiger partial charge in [0.1, 0.15) is 11.5 Å². The van der Waals surface area contributed by atoms with Crippen molar-refractivity contribution in [3.63, 3.8) is 0 Å². The Morgan fingerprint density at radius 1 is 1.03 bits per heavy atom. The van der Waals surface area contributed by atoms with Gasteiger partial charge in [-0.15, -0.1) is 0 Å². The number of halogens is 1. The second kappa shape index (κ2) is 10.3. The first-order valence-electron chi connectivity index (χ1n) is 11.5. The molecule has 1 fully saturated rings. The Hall–Kier alpha value is -3.68. The fourth-order valence-corrected chi connectivity index (χ4v) is 4.46. The van der Waals surface area contributed by atoms with Gasteiger partial charge in [-0.25, -0.2) is 0 Å². The number of carbonyl (C=O) groups is 1. The van der Waals surface area contributed by atoms with E-state index < -0.39 is 5.97 Å². The molecule has 0 amide bonds. The molecule has 4 aromatic rings. The van der Waals surface area contributed by atoms with E-state index in [9.17, 15) is 4.79 Å². The number of likely N-dealkylation sites (tertiary alicyclic amines) is 1. The molecule has 5 rings (SSSR count). The summed E-state index contributed by atoms with van der Waals surface area (Å²) in [6.45, 7) is 2.25. The number of carboxylic acid groups (broad SMARTS) is 1. The number of carboxylic acids is 1. The third-order valence-corrected chi connectivity index (χ3v) is 6.44. The molecule has 0 spiro atoms. The third-order valence-electron chi connectivity index (χ3n) is 6.12. The zero-order valence-electron chi connectivity index (χ0n) is 18.9. The number of hydrogen-bond donors (Lipinski definition) is 1. The summed E-state index contributed by atoms with van der Waals surface area (Å²) in [5, 5.41) is 13.8. The third kappa shape index (κ3) is 5.53. The summed E-state index contributed by atoms with van der Waals surface area (Å²) in [6, 6.07) is 22.8. The molecule has 1 aromatic heterocycles. The average molecular weight is 490 g/mol. The Kier molecular flexibility index (Phi) is 6.79. The minimum absolute atomic E-state index is 0.239. The van der Waals surface area contributed by atoms with Gasteiger partial charge < -0.3 is 14.4 Å². The topological polar surface area (TPSA) is 88.7 Å². The number of aliphatic carboxylic acids is 1. The molecule has 1 saturated heterocycles. The van der Waals surface area contributed by atoms with Crippen LogP contribution in [-0.2, 0) is 11.3 Å². The molecule has 1 N–H and O–H groups in total. The maximum atomic E-state index is 11.1. The maximum absolute atomic E-state index is 11.1. The zero-order chi connectivity index (χ0) is 24.2. The first-order chi connectivity index (χ1) is 17.0. The second-order valence-corrected chi connectivity index (χ2v) is 8.97. The quantitative estimate of drug-likeness (QED) is 0.333. The van der Waals surface area contributed by atoms with E-state index in [2.05, 4.69) is 15.0 Å². The zero-order valence-corrected chi connectivity index (χ0v) is 19.7. The van der Waals surface area contributed by atoms with Crippen molar-refractivity contribution in [1.82, 2.24) is 15.0 Å². The van der Waals surface area contributed by atoms with E-state index in [1.54, 1.807) is 0 Å². The van der Waals surface area contributed by atoms with Gasteiger partial charge in [-0.05, 0) is 80.0 Å². The van der Waals surface area contributed by atoms with Crippen LogP contribution < -0.4 is 4.74 Å². The van der Waals surface area contributed by atoms with Crippen LogP contribution in [0.5, 0.6) is 11.5 Å². The van der Waals surface area contributed by atoms with Crippen LogP contribution in [0.3, 0.4) is 0 Å². The van der Waals surface area contributed by atoms with E-state index in [-0.39, 0.29) is 5.92 Å². The number of para-hydroxylation sites is 1. The standard InChI is InChI=1S/C27H24ClN3O4/c28-24-16-18(17-31-14-12-20(13-15-31)27(32)33)6-11-23(24)25-29-26(35-30-25)19-7-9-22(10-8-19)34-21-4-2-1-3-5-21/h1-11,16,20H,12-15,17H2,(H,32,33). The largest absolute Gasteiger partial charge is 0.481 e. The van der Waals surface area contributed by atoms with Crippen LogP contribution in [0.25, 0.3) is 22.8 Å². The number of ether oxygens (including phenoxy) is 1. The molecule has 35 heavy (non-hydrogen) atoms. The first-order valence-corrected chi connectivity index (χ1v) is 11.8. The normalized spacial score (nSPS) is 14.7. The van der Waals surface area contributed by atoms with Crippen LogP contribution in [0.15, 0.2) is 77.3 Å². The first kappa shape index (κ1) is 23.1. The molecule has 2 heterocycles. The highest BCUT2D eigenvalue weighted by Crippen LogP contribution is 2.31. The summed E-state index contributed by atoms with van der Waals surface area (Å²) >= 11 is 6.56. The van der Waals surface area contributed by atoms with Gasteiger partial charge in [0.25, 0.3) is 5.89 Å². The van der Waals surface area contributed by atoms with Gasteiger partial charge in [0, 0.05) is 17.7 Å². The molecule has 1 aliphatic heterocycles. The number of piperidine rings is 1. The van der Waals surface area contributed by atoms with Crippen molar-refractivity contribution < 1.29 is 19.2 Å². The smallest absolute Gasteiger partial charge is 0.306 e. The summed E-state index contributed by atoms with van der Waals surface area (Å²) in [6.07, 6.45) is 1.35. The van der Waals surface area contributed by atoms with Crippen LogP contribution in [0.2, 0.25) is 5.02 Å². The highest BCUT2D eigenvalue weighted by atomic mass is 35.5. The number of nitrogens with zero attached hydrogens (tertiary/aromatic N) is 3. The summed E-state index contributed by atoms with van der Waals surface area (Å²) in [7, 11) is 0. The molecule has 178 valence electrons. The predicted octanol–water partition coefficient (Wildman–Crippen LogP) is 6.15. The van der Waals surface area contributed by atoms with Gasteiger partial charge in [-0.3, -0.25) is 9.69 Å². The van der Waals surface area contributed by atoms with E-state index in [1.165, 1.54) is 0 Å². The SMILES string of the molecule is O=C(O)C1CCN(Cc2ccc(-c3noc(-c4ccc(Oc5ccccc5)cc4)n3)c(Cl)c2)CC1. The molecule has 0 radical (unpaired) electrons. The maximum Gasteiger partial charge on any atom is 0.306 e. The highest BCUT2D eigenvalue weighted by molar-refractivity contribution is 6.33. The van der Waals surface area contributed by atoms with Gasteiger partial charge >= 0.3 is 5.97 Å². The molecule has 3 aromatic carbocycles. The van der Waals surface area contributed by atoms with E-state index in [4.69, 9.17) is 26.0 Å². The highest BCUT2D eigenvalue weighted by Gasteiger charge is 2.24. The average Bonchev–Trinajstić information content (AvgIpc) is 3.35. The van der Waals surface area contributed by atoms with Crippen LogP contribution >= 0.6 is 11.6 Å². The van der Waals surface area contributed by atoms with Crippen molar-refractivity contribution in [3.05, 3.63) is 83.4 Å².